The minimum atomic E-state index is -0.308. The molecule has 0 saturated heterocycles. The van der Waals surface area contributed by atoms with E-state index in [4.69, 9.17) is 9.72 Å². The zero-order chi connectivity index (χ0) is 23.6. The maximum absolute atomic E-state index is 13.0. The largest absolute Gasteiger partial charge is 0.463 e. The van der Waals surface area contributed by atoms with E-state index in [1.165, 1.54) is 12.0 Å². The van der Waals surface area contributed by atoms with Crippen molar-refractivity contribution in [3.63, 3.8) is 0 Å². The zero-order valence-electron chi connectivity index (χ0n) is 19.8. The smallest absolute Gasteiger partial charge is 0.333 e. The maximum atomic E-state index is 13.0. The van der Waals surface area contributed by atoms with Crippen molar-refractivity contribution in [1.29, 1.82) is 0 Å². The van der Waals surface area contributed by atoms with Crippen molar-refractivity contribution in [2.75, 3.05) is 6.61 Å². The second kappa shape index (κ2) is 12.5. The molecule has 1 atom stereocenters. The molecule has 0 unspecified atom stereocenters. The molecule has 1 heterocycles. The Morgan fingerprint density at radius 1 is 1.18 bits per heavy atom. The van der Waals surface area contributed by atoms with Crippen LogP contribution in [-0.4, -0.2) is 23.5 Å². The van der Waals surface area contributed by atoms with Crippen molar-refractivity contribution < 1.29 is 14.3 Å². The summed E-state index contributed by atoms with van der Waals surface area (Å²) < 4.78 is 5.05. The molecule has 1 aromatic heterocycles. The van der Waals surface area contributed by atoms with Crippen LogP contribution in [0.3, 0.4) is 0 Å². The summed E-state index contributed by atoms with van der Waals surface area (Å²) in [5.74, 6) is -0.0562. The molecule has 176 valence electrons. The van der Waals surface area contributed by atoms with Crippen molar-refractivity contribution in [1.82, 2.24) is 10.3 Å². The molecule has 2 aromatic rings. The van der Waals surface area contributed by atoms with E-state index in [-0.39, 0.29) is 23.8 Å². The van der Waals surface area contributed by atoms with Gasteiger partial charge in [0.2, 0.25) is 5.91 Å². The molecule has 0 aliphatic heterocycles. The van der Waals surface area contributed by atoms with E-state index in [2.05, 4.69) is 17.4 Å². The first kappa shape index (κ1) is 24.9. The lowest BCUT2D eigenvalue weighted by molar-refractivity contribution is -0.138. The average molecular weight is 467 g/mol. The van der Waals surface area contributed by atoms with Gasteiger partial charge in [0.15, 0.2) is 0 Å². The number of esters is 1. The number of nitrogens with one attached hydrogen (secondary N) is 1. The highest BCUT2D eigenvalue weighted by Crippen LogP contribution is 2.27. The Hall–Kier alpha value is -2.73. The van der Waals surface area contributed by atoms with Crippen LogP contribution >= 0.6 is 11.3 Å². The Bertz CT molecular complexity index is 988. The van der Waals surface area contributed by atoms with Gasteiger partial charge in [-0.1, -0.05) is 49.6 Å². The third-order valence-electron chi connectivity index (χ3n) is 5.83. The number of hydrogen-bond acceptors (Lipinski definition) is 5. The molecular formula is C27H34N2O3S. The molecular weight excluding hydrogens is 432 g/mol. The summed E-state index contributed by atoms with van der Waals surface area (Å²) in [5, 5.41) is 6.19. The predicted octanol–water partition coefficient (Wildman–Crippen LogP) is 6.04. The molecule has 33 heavy (non-hydrogen) atoms. The minimum Gasteiger partial charge on any atom is -0.463 e. The topological polar surface area (TPSA) is 68.3 Å². The molecule has 1 aliphatic carbocycles. The SMILES string of the molecule is CCOC(=O)/C(C)=C\C(C)=C\c1csc([C@H](Cc2ccccc2)NC(=O)C2CCCCC2)n1. The number of hydrogen-bond donors (Lipinski definition) is 1. The lowest BCUT2D eigenvalue weighted by Crippen LogP contribution is -2.35. The van der Waals surface area contributed by atoms with Crippen LogP contribution in [0.5, 0.6) is 0 Å². The maximum Gasteiger partial charge on any atom is 0.333 e. The van der Waals surface area contributed by atoms with Gasteiger partial charge < -0.3 is 10.1 Å². The zero-order valence-corrected chi connectivity index (χ0v) is 20.6. The summed E-state index contributed by atoms with van der Waals surface area (Å²) in [4.78, 5) is 29.7. The number of ether oxygens (including phenoxy) is 1. The van der Waals surface area contributed by atoms with Crippen LogP contribution in [0, 0.1) is 5.92 Å². The van der Waals surface area contributed by atoms with Gasteiger partial charge >= 0.3 is 5.97 Å². The van der Waals surface area contributed by atoms with Gasteiger partial charge in [0.1, 0.15) is 5.01 Å². The second-order valence-electron chi connectivity index (χ2n) is 8.63. The highest BCUT2D eigenvalue weighted by atomic mass is 32.1. The van der Waals surface area contributed by atoms with E-state index < -0.39 is 0 Å². The van der Waals surface area contributed by atoms with Crippen LogP contribution in [0.25, 0.3) is 6.08 Å². The lowest BCUT2D eigenvalue weighted by atomic mass is 9.88. The summed E-state index contributed by atoms with van der Waals surface area (Å²) in [6.07, 6.45) is 9.90. The summed E-state index contributed by atoms with van der Waals surface area (Å²) in [6, 6.07) is 10.0. The molecule has 1 fully saturated rings. The Morgan fingerprint density at radius 3 is 2.61 bits per heavy atom. The fourth-order valence-corrected chi connectivity index (χ4v) is 4.98. The summed E-state index contributed by atoms with van der Waals surface area (Å²) in [7, 11) is 0. The van der Waals surface area contributed by atoms with Crippen molar-refractivity contribution >= 4 is 29.3 Å². The Labute approximate surface area is 201 Å². The van der Waals surface area contributed by atoms with E-state index in [0.717, 1.165) is 42.0 Å². The molecule has 3 rings (SSSR count). The molecule has 5 nitrogen and oxygen atoms in total. The van der Waals surface area contributed by atoms with Crippen LogP contribution in [0.2, 0.25) is 0 Å². The number of amides is 1. The number of carbonyl (C=O) groups is 2. The molecule has 1 aromatic carbocycles. The number of thiazole rings is 1. The van der Waals surface area contributed by atoms with Crippen LogP contribution in [0.1, 0.15) is 75.2 Å². The lowest BCUT2D eigenvalue weighted by Gasteiger charge is -2.24. The van der Waals surface area contributed by atoms with Gasteiger partial charge in [0.25, 0.3) is 0 Å². The fraction of sp³-hybridized carbons (Fsp3) is 0.444. The van der Waals surface area contributed by atoms with Crippen LogP contribution in [-0.2, 0) is 20.7 Å². The fourth-order valence-electron chi connectivity index (χ4n) is 4.15. The van der Waals surface area contributed by atoms with Gasteiger partial charge in [0, 0.05) is 16.9 Å². The van der Waals surface area contributed by atoms with Gasteiger partial charge in [-0.15, -0.1) is 11.3 Å². The molecule has 1 saturated carbocycles. The molecule has 1 aliphatic rings. The van der Waals surface area contributed by atoms with Gasteiger partial charge in [-0.2, -0.15) is 0 Å². The summed E-state index contributed by atoms with van der Waals surface area (Å²) in [5.41, 5.74) is 3.47. The van der Waals surface area contributed by atoms with Crippen molar-refractivity contribution in [3.8, 4) is 0 Å². The van der Waals surface area contributed by atoms with E-state index in [1.54, 1.807) is 25.2 Å². The van der Waals surface area contributed by atoms with E-state index in [1.807, 2.05) is 42.7 Å². The van der Waals surface area contributed by atoms with Crippen LogP contribution in [0.4, 0.5) is 0 Å². The van der Waals surface area contributed by atoms with Crippen molar-refractivity contribution in [3.05, 3.63) is 69.2 Å². The van der Waals surface area contributed by atoms with E-state index in [0.29, 0.717) is 18.6 Å². The Balaban J connectivity index is 1.77. The predicted molar refractivity (Wildman–Crippen MR) is 134 cm³/mol. The first-order chi connectivity index (χ1) is 16.0. The molecule has 0 radical (unpaired) electrons. The minimum absolute atomic E-state index is 0.106. The quantitative estimate of drug-likeness (QED) is 0.278. The van der Waals surface area contributed by atoms with Gasteiger partial charge in [-0.05, 0) is 63.3 Å². The number of allylic oxidation sites excluding steroid dienone is 2. The summed E-state index contributed by atoms with van der Waals surface area (Å²) >= 11 is 1.56. The van der Waals surface area contributed by atoms with Gasteiger partial charge in [0.05, 0.1) is 18.3 Å². The highest BCUT2D eigenvalue weighted by Gasteiger charge is 2.25. The van der Waals surface area contributed by atoms with Crippen molar-refractivity contribution in [2.45, 2.75) is 65.3 Å². The Kier molecular flexibility index (Phi) is 9.43. The average Bonchev–Trinajstić information content (AvgIpc) is 3.28. The normalized spacial score (nSPS) is 16.3. The molecule has 0 bridgehead atoms. The van der Waals surface area contributed by atoms with E-state index >= 15 is 0 Å². The molecule has 1 amide bonds. The standard InChI is InChI=1S/C27H34N2O3S/c1-4-32-27(31)20(3)15-19(2)16-23-18-33-26(28-23)24(17-21-11-7-5-8-12-21)29-25(30)22-13-9-6-10-14-22/h5,7-8,11-12,15-16,18,22,24H,4,6,9-10,13-14,17H2,1-3H3,(H,29,30)/b19-16+,20-15-/t24-/m0/s1. The van der Waals surface area contributed by atoms with Crippen LogP contribution in [0.15, 0.2) is 52.9 Å². The summed E-state index contributed by atoms with van der Waals surface area (Å²) in [6.45, 7) is 5.84. The third-order valence-corrected chi connectivity index (χ3v) is 6.81. The molecule has 6 heteroatoms. The van der Waals surface area contributed by atoms with Gasteiger partial charge in [-0.3, -0.25) is 4.79 Å². The number of benzene rings is 1. The monoisotopic (exact) mass is 466 g/mol. The van der Waals surface area contributed by atoms with Gasteiger partial charge in [-0.25, -0.2) is 9.78 Å². The molecule has 1 N–H and O–H groups in total. The third kappa shape index (κ3) is 7.67. The first-order valence-corrected chi connectivity index (χ1v) is 12.7. The van der Waals surface area contributed by atoms with Crippen molar-refractivity contribution in [2.24, 2.45) is 5.92 Å². The van der Waals surface area contributed by atoms with E-state index in [9.17, 15) is 9.59 Å². The van der Waals surface area contributed by atoms with Crippen LogP contribution < -0.4 is 5.32 Å². The Morgan fingerprint density at radius 2 is 1.91 bits per heavy atom. The second-order valence-corrected chi connectivity index (χ2v) is 9.52. The number of rotatable bonds is 9. The highest BCUT2D eigenvalue weighted by molar-refractivity contribution is 7.09. The number of aromatic nitrogens is 1. The number of nitrogens with zero attached hydrogens (tertiary/aromatic N) is 1. The first-order valence-electron chi connectivity index (χ1n) is 11.8. The molecule has 0 spiro atoms. The number of carbonyl (C=O) groups excluding carboxylic acids is 2.